The number of amides is 1. The van der Waals surface area contributed by atoms with E-state index in [1.165, 1.54) is 0 Å². The molecule has 2 aromatic rings. The van der Waals surface area contributed by atoms with Gasteiger partial charge in [-0.25, -0.2) is 0 Å². The lowest BCUT2D eigenvalue weighted by Crippen LogP contribution is -2.27. The van der Waals surface area contributed by atoms with Gasteiger partial charge in [0.05, 0.1) is 5.56 Å². The first kappa shape index (κ1) is 17.4. The van der Waals surface area contributed by atoms with Crippen molar-refractivity contribution in [3.05, 3.63) is 46.8 Å². The van der Waals surface area contributed by atoms with Crippen molar-refractivity contribution in [2.45, 2.75) is 40.3 Å². The van der Waals surface area contributed by atoms with Crippen molar-refractivity contribution >= 4 is 5.91 Å². The molecule has 134 valence electrons. The second-order valence-corrected chi connectivity index (χ2v) is 6.89. The van der Waals surface area contributed by atoms with Crippen LogP contribution in [-0.4, -0.2) is 35.6 Å². The van der Waals surface area contributed by atoms with Gasteiger partial charge >= 0.3 is 0 Å². The number of ether oxygens (including phenoxy) is 2. The normalized spacial score (nSPS) is 13.2. The van der Waals surface area contributed by atoms with Crippen LogP contribution in [0.25, 0.3) is 0 Å². The van der Waals surface area contributed by atoms with Crippen LogP contribution in [-0.2, 0) is 6.54 Å². The van der Waals surface area contributed by atoms with E-state index in [-0.39, 0.29) is 5.91 Å². The summed E-state index contributed by atoms with van der Waals surface area (Å²) in [4.78, 5) is 14.7. The molecule has 5 heteroatoms. The Kier molecular flexibility index (Phi) is 4.75. The van der Waals surface area contributed by atoms with Crippen LogP contribution in [0.15, 0.2) is 24.3 Å². The van der Waals surface area contributed by atoms with E-state index in [0.29, 0.717) is 25.8 Å². The fourth-order valence-corrected chi connectivity index (χ4v) is 3.53. The molecule has 1 aliphatic rings. The SMILES string of the molecule is Cc1cc(C(=O)N(C)Cc2ccc3c(c2)OCCO3)c(C)n1C(C)C. The molecule has 1 amide bonds. The average Bonchev–Trinajstić information content (AvgIpc) is 2.88. The van der Waals surface area contributed by atoms with Gasteiger partial charge in [-0.05, 0) is 51.5 Å². The molecule has 0 radical (unpaired) electrons. The molecule has 0 aliphatic carbocycles. The summed E-state index contributed by atoms with van der Waals surface area (Å²) in [6, 6.07) is 8.17. The summed E-state index contributed by atoms with van der Waals surface area (Å²) in [7, 11) is 1.83. The number of rotatable bonds is 4. The maximum absolute atomic E-state index is 12.9. The fourth-order valence-electron chi connectivity index (χ4n) is 3.53. The number of hydrogen-bond acceptors (Lipinski definition) is 3. The molecule has 0 N–H and O–H groups in total. The number of hydrogen-bond donors (Lipinski definition) is 0. The fraction of sp³-hybridized carbons (Fsp3) is 0.450. The van der Waals surface area contributed by atoms with Crippen LogP contribution in [0, 0.1) is 13.8 Å². The molecule has 0 atom stereocenters. The van der Waals surface area contributed by atoms with Crippen molar-refractivity contribution in [2.24, 2.45) is 0 Å². The molecular weight excluding hydrogens is 316 g/mol. The Labute approximate surface area is 149 Å². The third-order valence-corrected chi connectivity index (χ3v) is 4.60. The number of carbonyl (C=O) groups is 1. The average molecular weight is 342 g/mol. The maximum Gasteiger partial charge on any atom is 0.255 e. The third kappa shape index (κ3) is 3.36. The predicted octanol–water partition coefficient (Wildman–Crippen LogP) is 3.73. The second-order valence-electron chi connectivity index (χ2n) is 6.89. The summed E-state index contributed by atoms with van der Waals surface area (Å²) in [6.45, 7) is 9.99. The molecule has 25 heavy (non-hydrogen) atoms. The first-order valence-electron chi connectivity index (χ1n) is 8.71. The van der Waals surface area contributed by atoms with E-state index in [4.69, 9.17) is 9.47 Å². The van der Waals surface area contributed by atoms with Gasteiger partial charge in [-0.15, -0.1) is 0 Å². The van der Waals surface area contributed by atoms with E-state index >= 15 is 0 Å². The lowest BCUT2D eigenvalue weighted by molar-refractivity contribution is 0.0784. The number of nitrogens with zero attached hydrogens (tertiary/aromatic N) is 2. The molecule has 3 rings (SSSR count). The number of aromatic nitrogens is 1. The van der Waals surface area contributed by atoms with Gasteiger partial charge in [-0.3, -0.25) is 4.79 Å². The van der Waals surface area contributed by atoms with E-state index < -0.39 is 0 Å². The smallest absolute Gasteiger partial charge is 0.255 e. The van der Waals surface area contributed by atoms with Crippen molar-refractivity contribution in [1.82, 2.24) is 9.47 Å². The van der Waals surface area contributed by atoms with Crippen molar-refractivity contribution < 1.29 is 14.3 Å². The van der Waals surface area contributed by atoms with Gasteiger partial charge in [0.2, 0.25) is 0 Å². The van der Waals surface area contributed by atoms with Gasteiger partial charge in [0, 0.05) is 31.0 Å². The number of benzene rings is 1. The predicted molar refractivity (Wildman–Crippen MR) is 97.5 cm³/mol. The number of fused-ring (bicyclic) bond motifs is 1. The maximum atomic E-state index is 12.9. The summed E-state index contributed by atoms with van der Waals surface area (Å²) in [5.74, 6) is 1.56. The molecule has 1 aromatic heterocycles. The van der Waals surface area contributed by atoms with Crippen molar-refractivity contribution in [1.29, 1.82) is 0 Å². The summed E-state index contributed by atoms with van der Waals surface area (Å²) < 4.78 is 13.4. The number of aryl methyl sites for hydroxylation is 1. The Hall–Kier alpha value is -2.43. The molecule has 0 bridgehead atoms. The molecule has 1 aliphatic heterocycles. The van der Waals surface area contributed by atoms with Crippen molar-refractivity contribution in [2.75, 3.05) is 20.3 Å². The van der Waals surface area contributed by atoms with E-state index in [0.717, 1.165) is 34.0 Å². The zero-order valence-corrected chi connectivity index (χ0v) is 15.6. The van der Waals surface area contributed by atoms with E-state index in [9.17, 15) is 4.79 Å². The summed E-state index contributed by atoms with van der Waals surface area (Å²) in [5, 5.41) is 0. The van der Waals surface area contributed by atoms with Gasteiger partial charge < -0.3 is 18.9 Å². The van der Waals surface area contributed by atoms with Crippen LogP contribution >= 0.6 is 0 Å². The van der Waals surface area contributed by atoms with Gasteiger partial charge in [0.15, 0.2) is 11.5 Å². The molecule has 0 unspecified atom stereocenters. The van der Waals surface area contributed by atoms with Crippen molar-refractivity contribution in [3.8, 4) is 11.5 Å². The molecule has 0 saturated carbocycles. The van der Waals surface area contributed by atoms with E-state index in [2.05, 4.69) is 18.4 Å². The van der Waals surface area contributed by atoms with Gasteiger partial charge in [-0.1, -0.05) is 6.07 Å². The lowest BCUT2D eigenvalue weighted by Gasteiger charge is -2.21. The molecule has 0 spiro atoms. The van der Waals surface area contributed by atoms with Crippen LogP contribution in [0.5, 0.6) is 11.5 Å². The minimum Gasteiger partial charge on any atom is -0.486 e. The Bertz CT molecular complexity index is 792. The monoisotopic (exact) mass is 342 g/mol. The summed E-state index contributed by atoms with van der Waals surface area (Å²) in [6.07, 6.45) is 0. The topological polar surface area (TPSA) is 43.7 Å². The van der Waals surface area contributed by atoms with Crippen LogP contribution in [0.1, 0.15) is 47.2 Å². The lowest BCUT2D eigenvalue weighted by atomic mass is 10.1. The summed E-state index contributed by atoms with van der Waals surface area (Å²) in [5.41, 5.74) is 3.93. The summed E-state index contributed by atoms with van der Waals surface area (Å²) >= 11 is 0. The Balaban J connectivity index is 1.78. The molecule has 2 heterocycles. The highest BCUT2D eigenvalue weighted by Crippen LogP contribution is 2.31. The largest absolute Gasteiger partial charge is 0.486 e. The van der Waals surface area contributed by atoms with Gasteiger partial charge in [0.25, 0.3) is 5.91 Å². The highest BCUT2D eigenvalue weighted by atomic mass is 16.6. The Morgan fingerprint density at radius 2 is 1.84 bits per heavy atom. The minimum atomic E-state index is 0.0369. The highest BCUT2D eigenvalue weighted by molar-refractivity contribution is 5.95. The van der Waals surface area contributed by atoms with E-state index in [1.807, 2.05) is 45.2 Å². The highest BCUT2D eigenvalue weighted by Gasteiger charge is 2.21. The molecule has 0 fully saturated rings. The minimum absolute atomic E-state index is 0.0369. The van der Waals surface area contributed by atoms with Gasteiger partial charge in [0.1, 0.15) is 13.2 Å². The molecule has 1 aromatic carbocycles. The standard InChI is InChI=1S/C20H26N2O3/c1-13(2)22-14(3)10-17(15(22)4)20(23)21(5)12-16-6-7-18-19(11-16)25-9-8-24-18/h6-7,10-11,13H,8-9,12H2,1-5H3. The van der Waals surface area contributed by atoms with E-state index in [1.54, 1.807) is 4.90 Å². The second kappa shape index (κ2) is 6.82. The first-order chi connectivity index (χ1) is 11.9. The van der Waals surface area contributed by atoms with Crippen LogP contribution < -0.4 is 9.47 Å². The third-order valence-electron chi connectivity index (χ3n) is 4.60. The van der Waals surface area contributed by atoms with Gasteiger partial charge in [-0.2, -0.15) is 0 Å². The molecular formula is C20H26N2O3. The van der Waals surface area contributed by atoms with Crippen LogP contribution in [0.4, 0.5) is 0 Å². The molecule has 0 saturated heterocycles. The Morgan fingerprint density at radius 1 is 1.16 bits per heavy atom. The zero-order valence-electron chi connectivity index (χ0n) is 15.6. The van der Waals surface area contributed by atoms with Crippen LogP contribution in [0.2, 0.25) is 0 Å². The van der Waals surface area contributed by atoms with Crippen molar-refractivity contribution in [3.63, 3.8) is 0 Å². The quantitative estimate of drug-likeness (QED) is 0.850. The first-order valence-corrected chi connectivity index (χ1v) is 8.71. The number of carbonyl (C=O) groups excluding carboxylic acids is 1. The van der Waals surface area contributed by atoms with Crippen LogP contribution in [0.3, 0.4) is 0 Å². The Morgan fingerprint density at radius 3 is 2.48 bits per heavy atom. The molecule has 5 nitrogen and oxygen atoms in total. The zero-order chi connectivity index (χ0) is 18.1.